The van der Waals surface area contributed by atoms with Crippen LogP contribution in [0.15, 0.2) is 83.3 Å². The second kappa shape index (κ2) is 11.8. The fraction of sp³-hybridized carbons (Fsp3) is 0.167. The number of ether oxygens (including phenoxy) is 3. The maximum absolute atomic E-state index is 14.8. The van der Waals surface area contributed by atoms with Crippen molar-refractivity contribution in [2.75, 3.05) is 19.1 Å². The van der Waals surface area contributed by atoms with E-state index in [1.54, 1.807) is 30.3 Å². The van der Waals surface area contributed by atoms with Crippen LogP contribution in [0.25, 0.3) is 0 Å². The molecule has 0 aliphatic carbocycles. The molecule has 0 bridgehead atoms. The maximum atomic E-state index is 14.8. The number of allylic oxidation sites excluding steroid dienone is 1. The number of para-hydroxylation sites is 1. The van der Waals surface area contributed by atoms with E-state index < -0.39 is 52.7 Å². The first kappa shape index (κ1) is 30.6. The lowest BCUT2D eigenvalue weighted by molar-refractivity contribution is -0.139. The Morgan fingerprint density at radius 2 is 1.56 bits per heavy atom. The minimum absolute atomic E-state index is 0.0659. The van der Waals surface area contributed by atoms with Crippen molar-refractivity contribution in [1.29, 1.82) is 5.26 Å². The number of carbonyl (C=O) groups is 2. The highest BCUT2D eigenvalue weighted by Gasteiger charge is 2.44. The highest BCUT2D eigenvalue weighted by atomic mass is 19.4. The molecule has 1 unspecified atom stereocenters. The SMILES string of the molecule is COC(=O)C1=C(C(=O)OC)N(c2c(C)cccc2Oc2c(F)cc(C(F)(F)F)cc2F)C(N)=C(C#N)C1c1ccccc1. The molecule has 0 fully saturated rings. The minimum atomic E-state index is -5.03. The molecule has 0 saturated heterocycles. The molecule has 0 spiro atoms. The van der Waals surface area contributed by atoms with Gasteiger partial charge in [-0.25, -0.2) is 18.4 Å². The van der Waals surface area contributed by atoms with Gasteiger partial charge in [0.25, 0.3) is 0 Å². The predicted octanol–water partition coefficient (Wildman–Crippen LogP) is 5.98. The Kier molecular flexibility index (Phi) is 8.43. The summed E-state index contributed by atoms with van der Waals surface area (Å²) in [5, 5.41) is 10.2. The largest absolute Gasteiger partial charge is 0.466 e. The number of esters is 2. The molecule has 0 saturated carbocycles. The Morgan fingerprint density at radius 3 is 2.09 bits per heavy atom. The summed E-state index contributed by atoms with van der Waals surface area (Å²) in [6.07, 6.45) is -5.03. The number of rotatable bonds is 6. The van der Waals surface area contributed by atoms with Gasteiger partial charge in [0.1, 0.15) is 11.5 Å². The zero-order chi connectivity index (χ0) is 31.6. The highest BCUT2D eigenvalue weighted by Crippen LogP contribution is 2.47. The molecule has 1 aliphatic heterocycles. The van der Waals surface area contributed by atoms with Gasteiger partial charge in [-0.1, -0.05) is 42.5 Å². The van der Waals surface area contributed by atoms with E-state index in [1.807, 2.05) is 6.07 Å². The number of aryl methyl sites for hydroxylation is 1. The van der Waals surface area contributed by atoms with Gasteiger partial charge in [0.05, 0.1) is 48.6 Å². The number of hydrogen-bond acceptors (Lipinski definition) is 8. The van der Waals surface area contributed by atoms with E-state index in [1.165, 1.54) is 25.1 Å². The number of anilines is 1. The van der Waals surface area contributed by atoms with E-state index in [-0.39, 0.29) is 46.1 Å². The molecule has 2 N–H and O–H groups in total. The van der Waals surface area contributed by atoms with Crippen molar-refractivity contribution in [1.82, 2.24) is 0 Å². The molecule has 3 aromatic rings. The summed E-state index contributed by atoms with van der Waals surface area (Å²) < 4.78 is 84.4. The fourth-order valence-corrected chi connectivity index (χ4v) is 4.68. The van der Waals surface area contributed by atoms with Gasteiger partial charge in [-0.15, -0.1) is 0 Å². The Morgan fingerprint density at radius 1 is 0.953 bits per heavy atom. The van der Waals surface area contributed by atoms with Crippen molar-refractivity contribution in [2.45, 2.75) is 19.0 Å². The monoisotopic (exact) mass is 599 g/mol. The van der Waals surface area contributed by atoms with Gasteiger partial charge in [-0.05, 0) is 36.2 Å². The third kappa shape index (κ3) is 5.59. The van der Waals surface area contributed by atoms with E-state index in [4.69, 9.17) is 19.9 Å². The van der Waals surface area contributed by atoms with Gasteiger partial charge in [-0.2, -0.15) is 18.4 Å². The number of benzene rings is 3. The standard InChI is InChI=1S/C30H22F5N3O5/c1-15-8-7-11-21(43-26-19(31)12-17(13-20(26)32)30(33,34)35)24(15)38-25(29(40)42-3)23(28(39)41-2)22(18(14-36)27(38)37)16-9-5-4-6-10-16/h4-13,22H,37H2,1-3H3. The fourth-order valence-electron chi connectivity index (χ4n) is 4.68. The summed E-state index contributed by atoms with van der Waals surface area (Å²) >= 11 is 0. The van der Waals surface area contributed by atoms with Gasteiger partial charge in [0, 0.05) is 0 Å². The molecule has 0 aromatic heterocycles. The van der Waals surface area contributed by atoms with Crippen molar-refractivity contribution in [3.63, 3.8) is 0 Å². The quantitative estimate of drug-likeness (QED) is 0.272. The van der Waals surface area contributed by atoms with Gasteiger partial charge in [0.2, 0.25) is 0 Å². The molecule has 0 amide bonds. The smallest absolute Gasteiger partial charge is 0.416 e. The Balaban J connectivity index is 2.03. The molecular weight excluding hydrogens is 577 g/mol. The molecule has 43 heavy (non-hydrogen) atoms. The van der Waals surface area contributed by atoms with Crippen molar-refractivity contribution in [3.05, 3.63) is 112 Å². The number of nitrogens with zero attached hydrogens (tertiary/aromatic N) is 2. The summed E-state index contributed by atoms with van der Waals surface area (Å²) in [7, 11) is 2.09. The Hall–Kier alpha value is -5.38. The summed E-state index contributed by atoms with van der Waals surface area (Å²) in [5.41, 5.74) is 4.39. The van der Waals surface area contributed by atoms with Gasteiger partial charge < -0.3 is 19.9 Å². The Labute approximate surface area is 242 Å². The maximum Gasteiger partial charge on any atom is 0.416 e. The van der Waals surface area contributed by atoms with Gasteiger partial charge in [0.15, 0.2) is 23.1 Å². The average molecular weight is 600 g/mol. The van der Waals surface area contributed by atoms with Crippen LogP contribution in [0, 0.1) is 29.9 Å². The van der Waals surface area contributed by atoms with Crippen LogP contribution in [0.3, 0.4) is 0 Å². The first-order valence-corrected chi connectivity index (χ1v) is 12.3. The van der Waals surface area contributed by atoms with Gasteiger partial charge in [-0.3, -0.25) is 4.90 Å². The number of alkyl halides is 3. The molecule has 1 heterocycles. The molecule has 1 atom stereocenters. The highest BCUT2D eigenvalue weighted by molar-refractivity contribution is 6.06. The van der Waals surface area contributed by atoms with Crippen molar-refractivity contribution in [2.24, 2.45) is 5.73 Å². The summed E-state index contributed by atoms with van der Waals surface area (Å²) in [6, 6.07) is 14.4. The lowest BCUT2D eigenvalue weighted by atomic mass is 9.80. The molecule has 0 radical (unpaired) electrons. The van der Waals surface area contributed by atoms with Crippen LogP contribution in [0.4, 0.5) is 27.6 Å². The zero-order valence-electron chi connectivity index (χ0n) is 22.8. The third-order valence-corrected chi connectivity index (χ3v) is 6.57. The second-order valence-corrected chi connectivity index (χ2v) is 9.13. The van der Waals surface area contributed by atoms with Crippen molar-refractivity contribution in [3.8, 4) is 17.6 Å². The first-order valence-electron chi connectivity index (χ1n) is 12.3. The van der Waals surface area contributed by atoms with E-state index in [2.05, 4.69) is 0 Å². The number of methoxy groups -OCH3 is 2. The lowest BCUT2D eigenvalue weighted by Gasteiger charge is -2.37. The molecule has 13 heteroatoms. The van der Waals surface area contributed by atoms with Crippen LogP contribution in [0.1, 0.15) is 22.6 Å². The summed E-state index contributed by atoms with van der Waals surface area (Å²) in [4.78, 5) is 27.6. The summed E-state index contributed by atoms with van der Waals surface area (Å²) in [6.45, 7) is 1.50. The lowest BCUT2D eigenvalue weighted by Crippen LogP contribution is -2.41. The molecule has 8 nitrogen and oxygen atoms in total. The normalized spacial score (nSPS) is 15.2. The summed E-state index contributed by atoms with van der Waals surface area (Å²) in [5.74, 6) is -8.57. The van der Waals surface area contributed by atoms with Crippen LogP contribution < -0.4 is 15.4 Å². The predicted molar refractivity (Wildman–Crippen MR) is 142 cm³/mol. The Bertz CT molecular complexity index is 1690. The minimum Gasteiger partial charge on any atom is -0.466 e. The molecule has 1 aliphatic rings. The van der Waals surface area contributed by atoms with E-state index in [0.717, 1.165) is 19.1 Å². The first-order chi connectivity index (χ1) is 20.3. The van der Waals surface area contributed by atoms with E-state index in [0.29, 0.717) is 5.56 Å². The van der Waals surface area contributed by atoms with Gasteiger partial charge >= 0.3 is 18.1 Å². The topological polar surface area (TPSA) is 115 Å². The van der Waals surface area contributed by atoms with Crippen LogP contribution in [0.2, 0.25) is 0 Å². The second-order valence-electron chi connectivity index (χ2n) is 9.13. The van der Waals surface area contributed by atoms with Crippen molar-refractivity contribution >= 4 is 17.6 Å². The number of hydrogen-bond donors (Lipinski definition) is 1. The third-order valence-electron chi connectivity index (χ3n) is 6.57. The van der Waals surface area contributed by atoms with Crippen molar-refractivity contribution < 1.29 is 45.8 Å². The van der Waals surface area contributed by atoms with Crippen LogP contribution in [-0.4, -0.2) is 26.2 Å². The number of halogens is 5. The number of nitrogens with two attached hydrogens (primary N) is 1. The molecule has 3 aromatic carbocycles. The zero-order valence-corrected chi connectivity index (χ0v) is 22.8. The van der Waals surface area contributed by atoms with Crippen LogP contribution >= 0.6 is 0 Å². The van der Waals surface area contributed by atoms with Crippen LogP contribution in [-0.2, 0) is 25.2 Å². The average Bonchev–Trinajstić information content (AvgIpc) is 2.97. The number of nitriles is 1. The number of carbonyl (C=O) groups excluding carboxylic acids is 2. The molecule has 4 rings (SSSR count). The van der Waals surface area contributed by atoms with E-state index >= 15 is 0 Å². The molecular formula is C30H22F5N3O5. The van der Waals surface area contributed by atoms with E-state index in [9.17, 15) is 36.8 Å². The molecule has 222 valence electrons. The van der Waals surface area contributed by atoms with Crippen LogP contribution in [0.5, 0.6) is 11.5 Å².